The van der Waals surface area contributed by atoms with Crippen LogP contribution >= 0.6 is 11.8 Å². The molecule has 1 aliphatic carbocycles. The van der Waals surface area contributed by atoms with Gasteiger partial charge >= 0.3 is 0 Å². The number of aliphatic hydroxyl groups is 1. The van der Waals surface area contributed by atoms with E-state index in [0.29, 0.717) is 17.1 Å². The molecule has 5 heteroatoms. The first kappa shape index (κ1) is 9.98. The SMILES string of the molecule is CC(C)Sc1nnc(CO)n1C1CC1. The molecule has 1 fully saturated rings. The Bertz CT molecular complexity index is 320. The zero-order valence-electron chi connectivity index (χ0n) is 8.47. The van der Waals surface area contributed by atoms with Crippen LogP contribution in [0, 0.1) is 0 Å². The van der Waals surface area contributed by atoms with Crippen LogP contribution in [0.1, 0.15) is 38.6 Å². The van der Waals surface area contributed by atoms with Gasteiger partial charge < -0.3 is 9.67 Å². The van der Waals surface area contributed by atoms with Crippen molar-refractivity contribution in [1.82, 2.24) is 14.8 Å². The maximum Gasteiger partial charge on any atom is 0.191 e. The summed E-state index contributed by atoms with van der Waals surface area (Å²) >= 11 is 1.71. The Morgan fingerprint density at radius 1 is 1.50 bits per heavy atom. The van der Waals surface area contributed by atoms with Crippen molar-refractivity contribution in [2.24, 2.45) is 0 Å². The van der Waals surface area contributed by atoms with E-state index in [1.807, 2.05) is 0 Å². The number of hydrogen-bond acceptors (Lipinski definition) is 4. The van der Waals surface area contributed by atoms with E-state index in [2.05, 4.69) is 28.6 Å². The summed E-state index contributed by atoms with van der Waals surface area (Å²) < 4.78 is 2.09. The molecule has 0 amide bonds. The minimum absolute atomic E-state index is 0.0118. The third-order valence-electron chi connectivity index (χ3n) is 2.13. The van der Waals surface area contributed by atoms with Crippen molar-refractivity contribution in [1.29, 1.82) is 0 Å². The summed E-state index contributed by atoms with van der Waals surface area (Å²) in [5, 5.41) is 18.7. The fourth-order valence-electron chi connectivity index (χ4n) is 1.41. The van der Waals surface area contributed by atoms with Gasteiger partial charge in [-0.2, -0.15) is 0 Å². The minimum atomic E-state index is -0.0118. The summed E-state index contributed by atoms with van der Waals surface area (Å²) in [6.07, 6.45) is 2.38. The van der Waals surface area contributed by atoms with Gasteiger partial charge in [0.1, 0.15) is 6.61 Å². The smallest absolute Gasteiger partial charge is 0.191 e. The van der Waals surface area contributed by atoms with Crippen molar-refractivity contribution >= 4 is 11.8 Å². The Labute approximate surface area is 87.7 Å². The van der Waals surface area contributed by atoms with E-state index in [4.69, 9.17) is 5.11 Å². The first-order valence-electron chi connectivity index (χ1n) is 4.93. The van der Waals surface area contributed by atoms with Gasteiger partial charge in [0.05, 0.1) is 0 Å². The second-order valence-corrected chi connectivity index (χ2v) is 5.37. The highest BCUT2D eigenvalue weighted by Crippen LogP contribution is 2.39. The molecule has 0 spiro atoms. The highest BCUT2D eigenvalue weighted by Gasteiger charge is 2.29. The van der Waals surface area contributed by atoms with Gasteiger partial charge in [-0.25, -0.2) is 0 Å². The maximum atomic E-state index is 9.11. The molecule has 1 aliphatic rings. The molecule has 1 aromatic heterocycles. The predicted molar refractivity (Wildman–Crippen MR) is 55.2 cm³/mol. The third kappa shape index (κ3) is 1.93. The van der Waals surface area contributed by atoms with Crippen LogP contribution in [-0.2, 0) is 6.61 Å². The summed E-state index contributed by atoms with van der Waals surface area (Å²) in [5.41, 5.74) is 0. The van der Waals surface area contributed by atoms with Gasteiger partial charge in [0, 0.05) is 11.3 Å². The Morgan fingerprint density at radius 3 is 2.71 bits per heavy atom. The lowest BCUT2D eigenvalue weighted by Gasteiger charge is -2.08. The number of rotatable bonds is 4. The van der Waals surface area contributed by atoms with Crippen LogP contribution in [0.4, 0.5) is 0 Å². The monoisotopic (exact) mass is 213 g/mol. The van der Waals surface area contributed by atoms with Crippen molar-refractivity contribution in [2.45, 2.75) is 49.7 Å². The molecule has 0 saturated heterocycles. The molecule has 14 heavy (non-hydrogen) atoms. The fourth-order valence-corrected chi connectivity index (χ4v) is 2.28. The van der Waals surface area contributed by atoms with Crippen molar-refractivity contribution in [3.63, 3.8) is 0 Å². The molecule has 1 heterocycles. The van der Waals surface area contributed by atoms with E-state index in [9.17, 15) is 0 Å². The normalized spacial score (nSPS) is 16.6. The lowest BCUT2D eigenvalue weighted by atomic mass is 10.6. The molecule has 78 valence electrons. The predicted octanol–water partition coefficient (Wildman–Crippen LogP) is 1.61. The topological polar surface area (TPSA) is 50.9 Å². The molecule has 0 radical (unpaired) electrons. The number of thioether (sulfide) groups is 1. The Kier molecular flexibility index (Phi) is 2.78. The van der Waals surface area contributed by atoms with Crippen molar-refractivity contribution < 1.29 is 5.11 Å². The first-order valence-corrected chi connectivity index (χ1v) is 5.81. The van der Waals surface area contributed by atoms with Gasteiger partial charge in [0.2, 0.25) is 0 Å². The Morgan fingerprint density at radius 2 is 2.21 bits per heavy atom. The van der Waals surface area contributed by atoms with Crippen molar-refractivity contribution in [2.75, 3.05) is 0 Å². The van der Waals surface area contributed by atoms with Crippen LogP contribution in [0.25, 0.3) is 0 Å². The van der Waals surface area contributed by atoms with Gasteiger partial charge in [-0.1, -0.05) is 25.6 Å². The van der Waals surface area contributed by atoms with Crippen LogP contribution in [0.2, 0.25) is 0 Å². The van der Waals surface area contributed by atoms with Crippen LogP contribution < -0.4 is 0 Å². The molecular weight excluding hydrogens is 198 g/mol. The highest BCUT2D eigenvalue weighted by atomic mass is 32.2. The van der Waals surface area contributed by atoms with Gasteiger partial charge in [0.15, 0.2) is 11.0 Å². The van der Waals surface area contributed by atoms with E-state index in [1.54, 1.807) is 11.8 Å². The number of nitrogens with zero attached hydrogens (tertiary/aromatic N) is 3. The minimum Gasteiger partial charge on any atom is -0.388 e. The van der Waals surface area contributed by atoms with Crippen LogP contribution in [0.5, 0.6) is 0 Å². The lowest BCUT2D eigenvalue weighted by molar-refractivity contribution is 0.263. The van der Waals surface area contributed by atoms with E-state index in [0.717, 1.165) is 5.16 Å². The Hall–Kier alpha value is -0.550. The molecular formula is C9H15N3OS. The largest absolute Gasteiger partial charge is 0.388 e. The lowest BCUT2D eigenvalue weighted by Crippen LogP contribution is -2.03. The summed E-state index contributed by atoms with van der Waals surface area (Å²) in [5.74, 6) is 0.704. The maximum absolute atomic E-state index is 9.11. The molecule has 1 saturated carbocycles. The summed E-state index contributed by atoms with van der Waals surface area (Å²) in [7, 11) is 0. The van der Waals surface area contributed by atoms with E-state index in [-0.39, 0.29) is 6.61 Å². The number of aromatic nitrogens is 3. The number of aliphatic hydroxyl groups excluding tert-OH is 1. The quantitative estimate of drug-likeness (QED) is 0.772. The zero-order valence-corrected chi connectivity index (χ0v) is 9.29. The first-order chi connectivity index (χ1) is 6.72. The summed E-state index contributed by atoms with van der Waals surface area (Å²) in [6, 6.07) is 0.536. The zero-order chi connectivity index (χ0) is 10.1. The highest BCUT2D eigenvalue weighted by molar-refractivity contribution is 7.99. The molecule has 0 bridgehead atoms. The Balaban J connectivity index is 2.25. The summed E-state index contributed by atoms with van der Waals surface area (Å²) in [6.45, 7) is 4.26. The fraction of sp³-hybridized carbons (Fsp3) is 0.778. The molecule has 0 aromatic carbocycles. The standard InChI is InChI=1S/C9H15N3OS/c1-6(2)14-9-11-10-8(5-13)12(9)7-3-4-7/h6-7,13H,3-5H2,1-2H3. The van der Waals surface area contributed by atoms with Gasteiger partial charge in [-0.3, -0.25) is 0 Å². The molecule has 1 aromatic rings. The van der Waals surface area contributed by atoms with E-state index in [1.165, 1.54) is 12.8 Å². The summed E-state index contributed by atoms with van der Waals surface area (Å²) in [4.78, 5) is 0. The van der Waals surface area contributed by atoms with E-state index >= 15 is 0 Å². The van der Waals surface area contributed by atoms with Crippen LogP contribution in [0.3, 0.4) is 0 Å². The average molecular weight is 213 g/mol. The molecule has 4 nitrogen and oxygen atoms in total. The van der Waals surface area contributed by atoms with E-state index < -0.39 is 0 Å². The number of hydrogen-bond donors (Lipinski definition) is 1. The van der Waals surface area contributed by atoms with Crippen molar-refractivity contribution in [3.05, 3.63) is 5.82 Å². The second-order valence-electron chi connectivity index (χ2n) is 3.82. The van der Waals surface area contributed by atoms with Gasteiger partial charge in [0.25, 0.3) is 0 Å². The van der Waals surface area contributed by atoms with Gasteiger partial charge in [-0.15, -0.1) is 10.2 Å². The van der Waals surface area contributed by atoms with Gasteiger partial charge in [-0.05, 0) is 12.8 Å². The molecule has 0 unspecified atom stereocenters. The third-order valence-corrected chi connectivity index (χ3v) is 3.09. The van der Waals surface area contributed by atoms with Crippen molar-refractivity contribution in [3.8, 4) is 0 Å². The molecule has 0 aliphatic heterocycles. The van der Waals surface area contributed by atoms with Crippen LogP contribution in [0.15, 0.2) is 5.16 Å². The molecule has 1 N–H and O–H groups in total. The van der Waals surface area contributed by atoms with Crippen LogP contribution in [-0.4, -0.2) is 25.1 Å². The second kappa shape index (κ2) is 3.90. The molecule has 0 atom stereocenters. The molecule has 2 rings (SSSR count). The average Bonchev–Trinajstić information content (AvgIpc) is 2.88.